The van der Waals surface area contributed by atoms with Crippen LogP contribution < -0.4 is 5.32 Å². The van der Waals surface area contributed by atoms with Gasteiger partial charge >= 0.3 is 0 Å². The maximum absolute atomic E-state index is 13.1. The van der Waals surface area contributed by atoms with E-state index < -0.39 is 0 Å². The van der Waals surface area contributed by atoms with E-state index in [1.165, 1.54) is 6.08 Å². The fraction of sp³-hybridized carbons (Fsp3) is 0.273. The van der Waals surface area contributed by atoms with Crippen LogP contribution in [0.15, 0.2) is 52.3 Å². The van der Waals surface area contributed by atoms with Crippen molar-refractivity contribution in [2.24, 2.45) is 5.92 Å². The maximum atomic E-state index is 13.1. The van der Waals surface area contributed by atoms with Crippen LogP contribution in [0.2, 0.25) is 0 Å². The third kappa shape index (κ3) is 3.87. The molecule has 1 aliphatic rings. The molecule has 5 nitrogen and oxygen atoms in total. The van der Waals surface area contributed by atoms with E-state index in [9.17, 15) is 9.59 Å². The number of carbonyl (C=O) groups excluding carboxylic acids is 2. The average molecular weight is 394 g/mol. The molecule has 4 rings (SSSR count). The SMILES string of the molecule is CC1CCN(C(=O)c2oc3ccccc3c2NC(=O)C=Cc2cccs2)CC1. The summed E-state index contributed by atoms with van der Waals surface area (Å²) in [6.07, 6.45) is 5.20. The summed E-state index contributed by atoms with van der Waals surface area (Å²) in [6, 6.07) is 11.3. The topological polar surface area (TPSA) is 62.6 Å². The van der Waals surface area contributed by atoms with Gasteiger partial charge in [-0.05, 0) is 48.4 Å². The summed E-state index contributed by atoms with van der Waals surface area (Å²) < 4.78 is 5.86. The number of nitrogens with one attached hydrogen (secondary N) is 1. The number of amides is 2. The third-order valence-electron chi connectivity index (χ3n) is 5.05. The molecule has 0 spiro atoms. The zero-order valence-electron chi connectivity index (χ0n) is 15.7. The molecule has 0 unspecified atom stereocenters. The van der Waals surface area contributed by atoms with Crippen LogP contribution in [0.4, 0.5) is 5.69 Å². The number of furan rings is 1. The molecule has 3 heterocycles. The second kappa shape index (κ2) is 8.02. The quantitative estimate of drug-likeness (QED) is 0.632. The van der Waals surface area contributed by atoms with Gasteiger partial charge in [0.1, 0.15) is 11.3 Å². The highest BCUT2D eigenvalue weighted by atomic mass is 32.1. The number of hydrogen-bond acceptors (Lipinski definition) is 4. The predicted molar refractivity (Wildman–Crippen MR) is 112 cm³/mol. The highest BCUT2D eigenvalue weighted by Gasteiger charge is 2.28. The minimum absolute atomic E-state index is 0.166. The number of carbonyl (C=O) groups is 2. The third-order valence-corrected chi connectivity index (χ3v) is 5.89. The van der Waals surface area contributed by atoms with E-state index in [0.717, 1.165) is 23.1 Å². The van der Waals surface area contributed by atoms with Crippen LogP contribution in [0.1, 0.15) is 35.2 Å². The fourth-order valence-electron chi connectivity index (χ4n) is 3.38. The summed E-state index contributed by atoms with van der Waals surface area (Å²) in [5.74, 6) is 0.372. The molecule has 0 saturated carbocycles. The molecular formula is C22H22N2O3S. The fourth-order valence-corrected chi connectivity index (χ4v) is 4.00. The van der Waals surface area contributed by atoms with E-state index >= 15 is 0 Å². The first-order valence-electron chi connectivity index (χ1n) is 9.45. The molecule has 1 aliphatic heterocycles. The lowest BCUT2D eigenvalue weighted by Gasteiger charge is -2.29. The normalized spacial score (nSPS) is 15.4. The smallest absolute Gasteiger partial charge is 0.291 e. The van der Waals surface area contributed by atoms with Crippen molar-refractivity contribution in [1.82, 2.24) is 4.90 Å². The Balaban J connectivity index is 1.61. The van der Waals surface area contributed by atoms with Gasteiger partial charge in [-0.1, -0.05) is 25.1 Å². The summed E-state index contributed by atoms with van der Waals surface area (Å²) in [7, 11) is 0. The van der Waals surface area contributed by atoms with Gasteiger partial charge in [0.25, 0.3) is 5.91 Å². The Labute approximate surface area is 167 Å². The van der Waals surface area contributed by atoms with Gasteiger partial charge in [-0.25, -0.2) is 0 Å². The molecular weight excluding hydrogens is 372 g/mol. The summed E-state index contributed by atoms with van der Waals surface area (Å²) in [4.78, 5) is 28.4. The second-order valence-corrected chi connectivity index (χ2v) is 8.09. The summed E-state index contributed by atoms with van der Waals surface area (Å²) in [6.45, 7) is 3.63. The summed E-state index contributed by atoms with van der Waals surface area (Å²) >= 11 is 1.56. The van der Waals surface area contributed by atoms with E-state index in [1.807, 2.05) is 46.7 Å². The van der Waals surface area contributed by atoms with Crippen LogP contribution in [0.25, 0.3) is 17.0 Å². The van der Waals surface area contributed by atoms with Crippen LogP contribution >= 0.6 is 11.3 Å². The van der Waals surface area contributed by atoms with E-state index in [4.69, 9.17) is 4.42 Å². The number of hydrogen-bond donors (Lipinski definition) is 1. The first-order chi connectivity index (χ1) is 13.6. The molecule has 1 fully saturated rings. The van der Waals surface area contributed by atoms with Crippen LogP contribution in [-0.4, -0.2) is 29.8 Å². The standard InChI is InChI=1S/C22H22N2O3S/c1-15-10-12-24(13-11-15)22(26)21-20(17-6-2-3-7-18(17)27-21)23-19(25)9-8-16-5-4-14-28-16/h2-9,14-15H,10-13H2,1H3,(H,23,25). The Morgan fingerprint density at radius 2 is 1.96 bits per heavy atom. The molecule has 2 aromatic heterocycles. The Kier molecular flexibility index (Phi) is 5.30. The van der Waals surface area contributed by atoms with Crippen LogP contribution in [0.3, 0.4) is 0 Å². The maximum Gasteiger partial charge on any atom is 0.291 e. The van der Waals surface area contributed by atoms with Crippen LogP contribution in [0.5, 0.6) is 0 Å². The van der Waals surface area contributed by atoms with Crippen molar-refractivity contribution in [2.75, 3.05) is 18.4 Å². The van der Waals surface area contributed by atoms with Gasteiger partial charge in [-0.2, -0.15) is 0 Å². The average Bonchev–Trinajstić information content (AvgIpc) is 3.35. The van der Waals surface area contributed by atoms with Crippen LogP contribution in [0, 0.1) is 5.92 Å². The minimum atomic E-state index is -0.290. The molecule has 0 bridgehead atoms. The van der Waals surface area contributed by atoms with Crippen molar-refractivity contribution in [3.63, 3.8) is 0 Å². The van der Waals surface area contributed by atoms with Gasteiger partial charge in [-0.3, -0.25) is 9.59 Å². The molecule has 0 aliphatic carbocycles. The zero-order valence-corrected chi connectivity index (χ0v) is 16.5. The van der Waals surface area contributed by atoms with Crippen molar-refractivity contribution in [3.8, 4) is 0 Å². The number of likely N-dealkylation sites (tertiary alicyclic amines) is 1. The van der Waals surface area contributed by atoms with E-state index in [0.29, 0.717) is 30.3 Å². The highest BCUT2D eigenvalue weighted by molar-refractivity contribution is 7.10. The first-order valence-corrected chi connectivity index (χ1v) is 10.3. The molecule has 2 amide bonds. The Morgan fingerprint density at radius 1 is 1.18 bits per heavy atom. The van der Waals surface area contributed by atoms with Crippen molar-refractivity contribution < 1.29 is 14.0 Å². The molecule has 1 saturated heterocycles. The predicted octanol–water partition coefficient (Wildman–Crippen LogP) is 5.02. The van der Waals surface area contributed by atoms with Gasteiger partial charge < -0.3 is 14.6 Å². The first kappa shape index (κ1) is 18.5. The number of rotatable bonds is 4. The monoisotopic (exact) mass is 394 g/mol. The lowest BCUT2D eigenvalue weighted by Crippen LogP contribution is -2.38. The number of piperidine rings is 1. The van der Waals surface area contributed by atoms with E-state index in [-0.39, 0.29) is 17.6 Å². The molecule has 1 N–H and O–H groups in total. The molecule has 6 heteroatoms. The number of thiophene rings is 1. The van der Waals surface area contributed by atoms with Crippen molar-refractivity contribution >= 4 is 45.9 Å². The minimum Gasteiger partial charge on any atom is -0.449 e. The molecule has 3 aromatic rings. The Hall–Kier alpha value is -2.86. The Morgan fingerprint density at radius 3 is 2.71 bits per heavy atom. The number of fused-ring (bicyclic) bond motifs is 1. The lowest BCUT2D eigenvalue weighted by atomic mass is 9.99. The van der Waals surface area contributed by atoms with Gasteiger partial charge in [0.15, 0.2) is 0 Å². The van der Waals surface area contributed by atoms with Gasteiger partial charge in [0.05, 0.1) is 0 Å². The van der Waals surface area contributed by atoms with Crippen molar-refractivity contribution in [2.45, 2.75) is 19.8 Å². The van der Waals surface area contributed by atoms with Gasteiger partial charge in [0, 0.05) is 29.4 Å². The Bertz CT molecular complexity index is 1010. The molecule has 0 atom stereocenters. The summed E-state index contributed by atoms with van der Waals surface area (Å²) in [5, 5.41) is 5.55. The number of nitrogens with zero attached hydrogens (tertiary/aromatic N) is 1. The van der Waals surface area contributed by atoms with Crippen molar-refractivity contribution in [3.05, 3.63) is 58.5 Å². The van der Waals surface area contributed by atoms with Crippen LogP contribution in [-0.2, 0) is 4.79 Å². The molecule has 0 radical (unpaired) electrons. The molecule has 28 heavy (non-hydrogen) atoms. The zero-order chi connectivity index (χ0) is 19.5. The summed E-state index contributed by atoms with van der Waals surface area (Å²) in [5.41, 5.74) is 1.04. The number of para-hydroxylation sites is 1. The van der Waals surface area contributed by atoms with Crippen molar-refractivity contribution in [1.29, 1.82) is 0 Å². The molecule has 1 aromatic carbocycles. The number of anilines is 1. The molecule has 144 valence electrons. The largest absolute Gasteiger partial charge is 0.449 e. The second-order valence-electron chi connectivity index (χ2n) is 7.12. The van der Waals surface area contributed by atoms with Gasteiger partial charge in [-0.15, -0.1) is 11.3 Å². The van der Waals surface area contributed by atoms with Gasteiger partial charge in [0.2, 0.25) is 11.7 Å². The lowest BCUT2D eigenvalue weighted by molar-refractivity contribution is -0.111. The number of benzene rings is 1. The highest BCUT2D eigenvalue weighted by Crippen LogP contribution is 2.32. The van der Waals surface area contributed by atoms with E-state index in [1.54, 1.807) is 17.4 Å². The van der Waals surface area contributed by atoms with E-state index in [2.05, 4.69) is 12.2 Å².